The van der Waals surface area contributed by atoms with Gasteiger partial charge in [-0.3, -0.25) is 4.79 Å². The molecule has 0 aliphatic heterocycles. The topological polar surface area (TPSA) is 41.6 Å². The summed E-state index contributed by atoms with van der Waals surface area (Å²) >= 11 is 0. The molecule has 4 heteroatoms. The third-order valence-electron chi connectivity index (χ3n) is 3.52. The summed E-state index contributed by atoms with van der Waals surface area (Å²) in [7, 11) is 3.95. The van der Waals surface area contributed by atoms with E-state index in [-0.39, 0.29) is 12.5 Å². The van der Waals surface area contributed by atoms with Crippen LogP contribution in [0, 0.1) is 13.8 Å². The summed E-state index contributed by atoms with van der Waals surface area (Å²) in [6, 6.07) is 13.5. The van der Waals surface area contributed by atoms with Gasteiger partial charge in [-0.1, -0.05) is 6.07 Å². The van der Waals surface area contributed by atoms with Crippen LogP contribution in [0.5, 0.6) is 5.75 Å². The highest BCUT2D eigenvalue weighted by Gasteiger charge is 2.05. The predicted molar refractivity (Wildman–Crippen MR) is 90.8 cm³/mol. The number of benzene rings is 2. The number of anilines is 2. The molecule has 0 heterocycles. The largest absolute Gasteiger partial charge is 0.484 e. The Morgan fingerprint density at radius 3 is 2.32 bits per heavy atom. The molecular weight excluding hydrogens is 276 g/mol. The van der Waals surface area contributed by atoms with Crippen LogP contribution in [0.3, 0.4) is 0 Å². The standard InChI is InChI=1S/C18H22N2O2/c1-13-5-10-17(11-14(13)2)22-12-18(21)19-15-6-8-16(9-7-15)20(3)4/h5-11H,12H2,1-4H3,(H,19,21). The van der Waals surface area contributed by atoms with Gasteiger partial charge in [-0.25, -0.2) is 0 Å². The summed E-state index contributed by atoms with van der Waals surface area (Å²) in [5.41, 5.74) is 4.21. The van der Waals surface area contributed by atoms with Gasteiger partial charge in [-0.15, -0.1) is 0 Å². The van der Waals surface area contributed by atoms with Crippen molar-refractivity contribution in [1.29, 1.82) is 0 Å². The Morgan fingerprint density at radius 2 is 1.73 bits per heavy atom. The fraction of sp³-hybridized carbons (Fsp3) is 0.278. The van der Waals surface area contributed by atoms with E-state index in [9.17, 15) is 4.79 Å². The molecule has 0 radical (unpaired) electrons. The first-order valence-corrected chi connectivity index (χ1v) is 7.23. The predicted octanol–water partition coefficient (Wildman–Crippen LogP) is 3.39. The molecule has 2 aromatic carbocycles. The van der Waals surface area contributed by atoms with Crippen molar-refractivity contribution in [3.8, 4) is 5.75 Å². The second kappa shape index (κ2) is 6.98. The number of carbonyl (C=O) groups excluding carboxylic acids is 1. The van der Waals surface area contributed by atoms with E-state index >= 15 is 0 Å². The van der Waals surface area contributed by atoms with E-state index in [1.807, 2.05) is 75.3 Å². The highest BCUT2D eigenvalue weighted by Crippen LogP contribution is 2.17. The maximum Gasteiger partial charge on any atom is 0.262 e. The minimum Gasteiger partial charge on any atom is -0.484 e. The van der Waals surface area contributed by atoms with Gasteiger partial charge in [0.1, 0.15) is 5.75 Å². The van der Waals surface area contributed by atoms with Crippen LogP contribution >= 0.6 is 0 Å². The molecule has 0 aromatic heterocycles. The van der Waals surface area contributed by atoms with Crippen LogP contribution in [-0.2, 0) is 4.79 Å². The quantitative estimate of drug-likeness (QED) is 0.920. The van der Waals surface area contributed by atoms with Gasteiger partial charge >= 0.3 is 0 Å². The summed E-state index contributed by atoms with van der Waals surface area (Å²) in [5, 5.41) is 2.82. The number of nitrogens with zero attached hydrogens (tertiary/aromatic N) is 1. The Balaban J connectivity index is 1.88. The fourth-order valence-corrected chi connectivity index (χ4v) is 1.99. The van der Waals surface area contributed by atoms with E-state index in [1.165, 1.54) is 5.56 Å². The SMILES string of the molecule is Cc1ccc(OCC(=O)Nc2ccc(N(C)C)cc2)cc1C. The second-order valence-electron chi connectivity index (χ2n) is 5.52. The molecule has 0 aliphatic carbocycles. The molecule has 22 heavy (non-hydrogen) atoms. The molecule has 1 amide bonds. The number of rotatable bonds is 5. The second-order valence-corrected chi connectivity index (χ2v) is 5.52. The molecule has 2 rings (SSSR count). The van der Waals surface area contributed by atoms with E-state index in [1.54, 1.807) is 0 Å². The lowest BCUT2D eigenvalue weighted by Gasteiger charge is -2.13. The van der Waals surface area contributed by atoms with E-state index in [2.05, 4.69) is 5.32 Å². The first-order valence-electron chi connectivity index (χ1n) is 7.23. The van der Waals surface area contributed by atoms with Crippen molar-refractivity contribution >= 4 is 17.3 Å². The Morgan fingerprint density at radius 1 is 1.05 bits per heavy atom. The zero-order valence-electron chi connectivity index (χ0n) is 13.5. The van der Waals surface area contributed by atoms with Gasteiger partial charge in [0, 0.05) is 25.5 Å². The van der Waals surface area contributed by atoms with Crippen LogP contribution in [0.1, 0.15) is 11.1 Å². The minimum atomic E-state index is -0.171. The summed E-state index contributed by atoms with van der Waals surface area (Å²) in [4.78, 5) is 13.9. The smallest absolute Gasteiger partial charge is 0.262 e. The van der Waals surface area contributed by atoms with Crippen molar-refractivity contribution in [1.82, 2.24) is 0 Å². The zero-order chi connectivity index (χ0) is 16.1. The molecule has 0 atom stereocenters. The lowest BCUT2D eigenvalue weighted by molar-refractivity contribution is -0.118. The lowest BCUT2D eigenvalue weighted by Crippen LogP contribution is -2.20. The summed E-state index contributed by atoms with van der Waals surface area (Å²) < 4.78 is 5.52. The first kappa shape index (κ1) is 15.9. The van der Waals surface area contributed by atoms with Crippen molar-refractivity contribution < 1.29 is 9.53 Å². The Hall–Kier alpha value is -2.49. The van der Waals surface area contributed by atoms with Crippen LogP contribution < -0.4 is 15.0 Å². The summed E-state index contributed by atoms with van der Waals surface area (Å²) in [6.45, 7) is 4.07. The van der Waals surface area contributed by atoms with Crippen molar-refractivity contribution in [2.45, 2.75) is 13.8 Å². The molecule has 0 bridgehead atoms. The third-order valence-corrected chi connectivity index (χ3v) is 3.52. The number of amides is 1. The molecular formula is C18H22N2O2. The van der Waals surface area contributed by atoms with Crippen molar-refractivity contribution in [3.05, 3.63) is 53.6 Å². The highest BCUT2D eigenvalue weighted by atomic mass is 16.5. The number of hydrogen-bond donors (Lipinski definition) is 1. The monoisotopic (exact) mass is 298 g/mol. The number of ether oxygens (including phenoxy) is 1. The maximum absolute atomic E-state index is 11.9. The Labute approximate surface area is 131 Å². The van der Waals surface area contributed by atoms with Gasteiger partial charge in [-0.2, -0.15) is 0 Å². The van der Waals surface area contributed by atoms with Gasteiger partial charge in [0.25, 0.3) is 5.91 Å². The van der Waals surface area contributed by atoms with Crippen LogP contribution in [0.15, 0.2) is 42.5 Å². The Bertz CT molecular complexity index is 649. The minimum absolute atomic E-state index is 0.00205. The van der Waals surface area contributed by atoms with Gasteiger partial charge < -0.3 is 15.0 Å². The molecule has 4 nitrogen and oxygen atoms in total. The maximum atomic E-state index is 11.9. The first-order chi connectivity index (χ1) is 10.5. The van der Waals surface area contributed by atoms with Gasteiger partial charge in [0.15, 0.2) is 6.61 Å². The van der Waals surface area contributed by atoms with Crippen LogP contribution in [0.4, 0.5) is 11.4 Å². The Kier molecular flexibility index (Phi) is 5.04. The van der Waals surface area contributed by atoms with Crippen LogP contribution in [0.2, 0.25) is 0 Å². The van der Waals surface area contributed by atoms with Gasteiger partial charge in [0.2, 0.25) is 0 Å². The number of nitrogens with one attached hydrogen (secondary N) is 1. The molecule has 0 spiro atoms. The number of aryl methyl sites for hydroxylation is 2. The normalized spacial score (nSPS) is 10.2. The molecule has 0 fully saturated rings. The average molecular weight is 298 g/mol. The van der Waals surface area contributed by atoms with Gasteiger partial charge in [0.05, 0.1) is 0 Å². The number of hydrogen-bond acceptors (Lipinski definition) is 3. The molecule has 0 aliphatic rings. The highest BCUT2D eigenvalue weighted by molar-refractivity contribution is 5.92. The summed E-state index contributed by atoms with van der Waals surface area (Å²) in [6.07, 6.45) is 0. The third kappa shape index (κ3) is 4.25. The molecule has 0 saturated carbocycles. The van der Waals surface area contributed by atoms with Crippen molar-refractivity contribution in [3.63, 3.8) is 0 Å². The molecule has 2 aromatic rings. The van der Waals surface area contributed by atoms with Crippen LogP contribution in [0.25, 0.3) is 0 Å². The fourth-order valence-electron chi connectivity index (χ4n) is 1.99. The lowest BCUT2D eigenvalue weighted by atomic mass is 10.1. The average Bonchev–Trinajstić information content (AvgIpc) is 2.49. The zero-order valence-corrected chi connectivity index (χ0v) is 13.5. The van der Waals surface area contributed by atoms with E-state index in [0.29, 0.717) is 5.75 Å². The molecule has 1 N–H and O–H groups in total. The molecule has 116 valence electrons. The van der Waals surface area contributed by atoms with E-state index in [4.69, 9.17) is 4.74 Å². The van der Waals surface area contributed by atoms with E-state index in [0.717, 1.165) is 16.9 Å². The summed E-state index contributed by atoms with van der Waals surface area (Å²) in [5.74, 6) is 0.539. The van der Waals surface area contributed by atoms with Gasteiger partial charge in [-0.05, 0) is 61.4 Å². The van der Waals surface area contributed by atoms with Crippen molar-refractivity contribution in [2.75, 3.05) is 30.9 Å². The number of carbonyl (C=O) groups is 1. The van der Waals surface area contributed by atoms with Crippen molar-refractivity contribution in [2.24, 2.45) is 0 Å². The molecule has 0 unspecified atom stereocenters. The van der Waals surface area contributed by atoms with Crippen LogP contribution in [-0.4, -0.2) is 26.6 Å². The molecule has 0 saturated heterocycles. The van der Waals surface area contributed by atoms with E-state index < -0.39 is 0 Å².